The number of halogens is 2. The van der Waals surface area contributed by atoms with Crippen LogP contribution in [0.15, 0.2) is 77.7 Å². The number of benzene rings is 2. The van der Waals surface area contributed by atoms with Crippen LogP contribution in [-0.2, 0) is 9.59 Å². The molecule has 9 heteroatoms. The molecule has 184 valence electrons. The maximum atomic E-state index is 15.9. The molecule has 2 N–H and O–H groups in total. The van der Waals surface area contributed by atoms with E-state index >= 15 is 4.39 Å². The smallest absolute Gasteiger partial charge is 0.258 e. The molecule has 1 aliphatic heterocycles. The Labute approximate surface area is 216 Å². The number of fused-ring (bicyclic) bond motifs is 1. The summed E-state index contributed by atoms with van der Waals surface area (Å²) in [6.07, 6.45) is 3.59. The molecule has 36 heavy (non-hydrogen) atoms. The van der Waals surface area contributed by atoms with Gasteiger partial charge in [0, 0.05) is 17.7 Å². The van der Waals surface area contributed by atoms with E-state index in [0.29, 0.717) is 5.56 Å². The van der Waals surface area contributed by atoms with Gasteiger partial charge in [-0.1, -0.05) is 49.4 Å². The van der Waals surface area contributed by atoms with Crippen LogP contribution in [0.25, 0.3) is 16.6 Å². The molecule has 0 bridgehead atoms. The predicted molar refractivity (Wildman–Crippen MR) is 138 cm³/mol. The highest BCUT2D eigenvalue weighted by Crippen LogP contribution is 2.34. The number of aromatic nitrogens is 3. The minimum absolute atomic E-state index is 0.105. The summed E-state index contributed by atoms with van der Waals surface area (Å²) in [5.74, 6) is -1.64. The largest absolute Gasteiger partial charge is 0.348 e. The molecule has 5 rings (SSSR count). The third kappa shape index (κ3) is 4.51. The number of rotatable bonds is 6. The van der Waals surface area contributed by atoms with Gasteiger partial charge in [0.15, 0.2) is 5.67 Å². The monoisotopic (exact) mass is 549 g/mol. The lowest BCUT2D eigenvalue weighted by atomic mass is 9.85. The van der Waals surface area contributed by atoms with Gasteiger partial charge in [-0.3, -0.25) is 9.59 Å². The summed E-state index contributed by atoms with van der Waals surface area (Å²) in [6.45, 7) is 2.97. The predicted octanol–water partition coefficient (Wildman–Crippen LogP) is 4.76. The molecule has 2 unspecified atom stereocenters. The van der Waals surface area contributed by atoms with E-state index < -0.39 is 29.6 Å². The number of carbonyl (C=O) groups is 2. The maximum absolute atomic E-state index is 15.9. The Morgan fingerprint density at radius 1 is 1.19 bits per heavy atom. The van der Waals surface area contributed by atoms with E-state index in [0.717, 1.165) is 26.8 Å². The normalized spacial score (nSPS) is 20.1. The van der Waals surface area contributed by atoms with Crippen molar-refractivity contribution in [1.29, 1.82) is 0 Å². The number of nitrogens with one attached hydrogen (secondary N) is 2. The van der Waals surface area contributed by atoms with E-state index in [9.17, 15) is 9.59 Å². The molecule has 0 spiro atoms. The first-order valence-electron chi connectivity index (χ1n) is 11.7. The van der Waals surface area contributed by atoms with Crippen molar-refractivity contribution < 1.29 is 14.0 Å². The number of hydrogen-bond donors (Lipinski definition) is 2. The van der Waals surface area contributed by atoms with Crippen molar-refractivity contribution >= 4 is 38.6 Å². The Kier molecular flexibility index (Phi) is 6.34. The molecule has 2 amide bonds. The van der Waals surface area contributed by atoms with E-state index in [4.69, 9.17) is 0 Å². The van der Waals surface area contributed by atoms with E-state index in [2.05, 4.69) is 36.6 Å². The second-order valence-electron chi connectivity index (χ2n) is 9.25. The summed E-state index contributed by atoms with van der Waals surface area (Å²) >= 11 is 3.36. The third-order valence-electron chi connectivity index (χ3n) is 6.92. The van der Waals surface area contributed by atoms with Crippen LogP contribution in [0.2, 0.25) is 0 Å². The van der Waals surface area contributed by atoms with E-state index in [-0.39, 0.29) is 12.3 Å². The number of amides is 2. The standard InChI is InChI=1S/C27H25BrFN5O2/c1-16(17-8-10-20(11-9-17)34-22-15-30-23(28)12-19(22)14-31-34)27(2,29)26(36)32-21-13-24(35)33-25(21)18-6-4-3-5-7-18/h3-12,14-16,21,25H,13H2,1-2H3,(H,32,36)(H,33,35)/t16?,21-,25+,27?/m0/s1. The Hall–Kier alpha value is -3.59. The lowest BCUT2D eigenvalue weighted by Gasteiger charge is -2.30. The van der Waals surface area contributed by atoms with Gasteiger partial charge in [-0.25, -0.2) is 14.1 Å². The average Bonchev–Trinajstić information content (AvgIpc) is 3.46. The van der Waals surface area contributed by atoms with E-state index in [1.165, 1.54) is 6.92 Å². The van der Waals surface area contributed by atoms with Crippen LogP contribution in [-0.4, -0.2) is 38.3 Å². The Bertz CT molecular complexity index is 1420. The van der Waals surface area contributed by atoms with Crippen molar-refractivity contribution in [2.45, 2.75) is 43.9 Å². The van der Waals surface area contributed by atoms with Gasteiger partial charge in [0.25, 0.3) is 5.91 Å². The molecule has 3 heterocycles. The fourth-order valence-corrected chi connectivity index (χ4v) is 4.94. The Balaban J connectivity index is 1.32. The summed E-state index contributed by atoms with van der Waals surface area (Å²) < 4.78 is 18.4. The molecule has 2 aromatic heterocycles. The number of alkyl halides is 1. The molecule has 0 saturated carbocycles. The van der Waals surface area contributed by atoms with Gasteiger partial charge >= 0.3 is 0 Å². The number of carbonyl (C=O) groups excluding carboxylic acids is 2. The van der Waals surface area contributed by atoms with Crippen molar-refractivity contribution in [2.75, 3.05) is 0 Å². The molecular weight excluding hydrogens is 525 g/mol. The molecular formula is C27H25BrFN5O2. The first kappa shape index (κ1) is 24.1. The van der Waals surface area contributed by atoms with Crippen molar-refractivity contribution in [3.63, 3.8) is 0 Å². The van der Waals surface area contributed by atoms with Crippen LogP contribution >= 0.6 is 15.9 Å². The van der Waals surface area contributed by atoms with Crippen molar-refractivity contribution in [3.05, 3.63) is 88.8 Å². The van der Waals surface area contributed by atoms with Gasteiger partial charge in [0.2, 0.25) is 5.91 Å². The van der Waals surface area contributed by atoms with E-state index in [1.807, 2.05) is 48.5 Å². The zero-order valence-electron chi connectivity index (χ0n) is 19.8. The molecule has 1 aliphatic rings. The number of hydrogen-bond acceptors (Lipinski definition) is 4. The fourth-order valence-electron chi connectivity index (χ4n) is 4.59. The minimum Gasteiger partial charge on any atom is -0.348 e. The molecule has 1 saturated heterocycles. The topological polar surface area (TPSA) is 88.9 Å². The summed E-state index contributed by atoms with van der Waals surface area (Å²) in [6, 6.07) is 17.6. The minimum atomic E-state index is -2.19. The van der Waals surface area contributed by atoms with Gasteiger partial charge in [0.05, 0.1) is 35.7 Å². The molecule has 7 nitrogen and oxygen atoms in total. The third-order valence-corrected chi connectivity index (χ3v) is 7.35. The van der Waals surface area contributed by atoms with Gasteiger partial charge in [-0.2, -0.15) is 5.10 Å². The zero-order valence-corrected chi connectivity index (χ0v) is 21.4. The maximum Gasteiger partial charge on any atom is 0.258 e. The lowest BCUT2D eigenvalue weighted by molar-refractivity contribution is -0.133. The van der Waals surface area contributed by atoms with Crippen LogP contribution in [0.4, 0.5) is 4.39 Å². The van der Waals surface area contributed by atoms with Crippen LogP contribution < -0.4 is 10.6 Å². The highest BCUT2D eigenvalue weighted by atomic mass is 79.9. The first-order chi connectivity index (χ1) is 17.2. The molecule has 1 fully saturated rings. The SMILES string of the molecule is CC(c1ccc(-n2ncc3cc(Br)ncc32)cc1)C(C)(F)C(=O)N[C@H]1CC(=O)N[C@@H]1c1ccccc1. The summed E-state index contributed by atoms with van der Waals surface area (Å²) in [5.41, 5.74) is 1.00. The first-order valence-corrected chi connectivity index (χ1v) is 12.5. The van der Waals surface area contributed by atoms with Crippen molar-refractivity contribution in [3.8, 4) is 5.69 Å². The van der Waals surface area contributed by atoms with Crippen LogP contribution in [0.5, 0.6) is 0 Å². The molecule has 2 aromatic carbocycles. The van der Waals surface area contributed by atoms with Crippen molar-refractivity contribution in [1.82, 2.24) is 25.4 Å². The highest BCUT2D eigenvalue weighted by Gasteiger charge is 2.43. The Morgan fingerprint density at radius 2 is 1.92 bits per heavy atom. The summed E-state index contributed by atoms with van der Waals surface area (Å²) in [5, 5.41) is 11.0. The van der Waals surface area contributed by atoms with Crippen LogP contribution in [0.1, 0.15) is 43.4 Å². The van der Waals surface area contributed by atoms with Crippen LogP contribution in [0, 0.1) is 0 Å². The van der Waals surface area contributed by atoms with Crippen LogP contribution in [0.3, 0.4) is 0 Å². The van der Waals surface area contributed by atoms with Gasteiger partial charge in [-0.15, -0.1) is 0 Å². The lowest BCUT2D eigenvalue weighted by Crippen LogP contribution is -2.49. The van der Waals surface area contributed by atoms with Gasteiger partial charge in [-0.05, 0) is 52.2 Å². The average molecular weight is 550 g/mol. The van der Waals surface area contributed by atoms with Gasteiger partial charge < -0.3 is 10.6 Å². The number of nitrogens with zero attached hydrogens (tertiary/aromatic N) is 3. The van der Waals surface area contributed by atoms with Crippen molar-refractivity contribution in [2.24, 2.45) is 0 Å². The second-order valence-corrected chi connectivity index (χ2v) is 10.1. The molecule has 4 atom stereocenters. The fraction of sp³-hybridized carbons (Fsp3) is 0.259. The Morgan fingerprint density at radius 3 is 2.64 bits per heavy atom. The quantitative estimate of drug-likeness (QED) is 0.339. The molecule has 4 aromatic rings. The molecule has 0 aliphatic carbocycles. The highest BCUT2D eigenvalue weighted by molar-refractivity contribution is 9.10. The molecule has 0 radical (unpaired) electrons. The number of pyridine rings is 1. The zero-order chi connectivity index (χ0) is 25.4. The van der Waals surface area contributed by atoms with E-state index in [1.54, 1.807) is 36.1 Å². The second kappa shape index (κ2) is 9.46. The summed E-state index contributed by atoms with van der Waals surface area (Å²) in [4.78, 5) is 29.4. The van der Waals surface area contributed by atoms with Gasteiger partial charge in [0.1, 0.15) is 4.60 Å². The summed E-state index contributed by atoms with van der Waals surface area (Å²) in [7, 11) is 0.